The third-order valence-electron chi connectivity index (χ3n) is 5.49. The molecule has 38 heavy (non-hydrogen) atoms. The summed E-state index contributed by atoms with van der Waals surface area (Å²) in [4.78, 5) is 15.7. The Kier molecular flexibility index (Phi) is 7.41. The highest BCUT2D eigenvalue weighted by Gasteiger charge is 2.33. The van der Waals surface area contributed by atoms with Crippen LogP contribution in [0, 0.1) is 0 Å². The van der Waals surface area contributed by atoms with Gasteiger partial charge in [-0.05, 0) is 48.0 Å². The molecule has 0 bridgehead atoms. The van der Waals surface area contributed by atoms with Gasteiger partial charge in [0.2, 0.25) is 0 Å². The first kappa shape index (κ1) is 26.7. The van der Waals surface area contributed by atoms with Crippen LogP contribution in [0.15, 0.2) is 83.9 Å². The molecule has 4 rings (SSSR count). The molecule has 13 heteroatoms. The predicted molar refractivity (Wildman–Crippen MR) is 130 cm³/mol. The van der Waals surface area contributed by atoms with Gasteiger partial charge >= 0.3 is 12.3 Å². The lowest BCUT2D eigenvalue weighted by Gasteiger charge is -2.27. The quantitative estimate of drug-likeness (QED) is 0.243. The maximum absolute atomic E-state index is 14.0. The van der Waals surface area contributed by atoms with Crippen molar-refractivity contribution in [2.45, 2.75) is 17.6 Å². The van der Waals surface area contributed by atoms with Gasteiger partial charge in [-0.3, -0.25) is 14.5 Å². The van der Waals surface area contributed by atoms with Crippen molar-refractivity contribution in [2.75, 3.05) is 11.4 Å². The number of carbonyl (C=O) groups excluding carboxylic acids is 1. The van der Waals surface area contributed by atoms with Crippen molar-refractivity contribution in [1.29, 1.82) is 0 Å². The molecule has 0 saturated carbocycles. The first-order valence-corrected chi connectivity index (χ1v) is 12.3. The van der Waals surface area contributed by atoms with E-state index in [2.05, 4.69) is 4.98 Å². The highest BCUT2D eigenvalue weighted by molar-refractivity contribution is 7.92. The van der Waals surface area contributed by atoms with Gasteiger partial charge in [0.05, 0.1) is 35.8 Å². The van der Waals surface area contributed by atoms with E-state index in [1.807, 2.05) is 0 Å². The maximum atomic E-state index is 14.0. The molecule has 0 fully saturated rings. The molecule has 198 valence electrons. The number of methoxy groups -OCH3 is 1. The van der Waals surface area contributed by atoms with Gasteiger partial charge in [0, 0.05) is 5.39 Å². The summed E-state index contributed by atoms with van der Waals surface area (Å²) < 4.78 is 79.2. The number of aromatic nitrogens is 1. The minimum atomic E-state index is -4.68. The molecular formula is C25H20F3N3O6S. The first-order valence-electron chi connectivity index (χ1n) is 10.9. The molecule has 0 aliphatic rings. The number of ether oxygens (including phenoxy) is 2. The van der Waals surface area contributed by atoms with E-state index in [0.717, 1.165) is 28.7 Å². The molecule has 0 saturated heterocycles. The van der Waals surface area contributed by atoms with Crippen molar-refractivity contribution in [1.82, 2.24) is 10.5 Å². The predicted octanol–water partition coefficient (Wildman–Crippen LogP) is 5.14. The number of hydrogen-bond donors (Lipinski definition) is 2. The number of benzene rings is 3. The Morgan fingerprint density at radius 3 is 2.34 bits per heavy atom. The molecular weight excluding hydrogens is 527 g/mol. The fourth-order valence-corrected chi connectivity index (χ4v) is 5.18. The van der Waals surface area contributed by atoms with E-state index in [1.165, 1.54) is 36.9 Å². The first-order chi connectivity index (χ1) is 18.0. The van der Waals surface area contributed by atoms with E-state index >= 15 is 0 Å². The second-order valence-corrected chi connectivity index (χ2v) is 9.74. The van der Waals surface area contributed by atoms with Crippen LogP contribution in [0.3, 0.4) is 0 Å². The van der Waals surface area contributed by atoms with Crippen LogP contribution in [0.1, 0.15) is 11.1 Å². The third kappa shape index (κ3) is 5.48. The SMILES string of the molecule is COc1ccc(S(=O)(=O)N(Cc2ccccc2)c2c(OC(=O)NO)cnc3cc(C(F)(F)F)ccc23)cc1. The zero-order valence-corrected chi connectivity index (χ0v) is 20.5. The van der Waals surface area contributed by atoms with Crippen molar-refractivity contribution in [3.05, 3.63) is 90.1 Å². The van der Waals surface area contributed by atoms with Gasteiger partial charge in [-0.1, -0.05) is 30.3 Å². The van der Waals surface area contributed by atoms with Gasteiger partial charge in [-0.25, -0.2) is 18.7 Å². The van der Waals surface area contributed by atoms with E-state index in [9.17, 15) is 26.4 Å². The Labute approximate surface area is 215 Å². The van der Waals surface area contributed by atoms with Gasteiger partial charge in [0.1, 0.15) is 11.4 Å². The number of sulfonamides is 1. The standard InChI is InChI=1S/C25H20F3N3O6S/c1-36-18-8-10-19(11-9-18)38(34,35)31(15-16-5-3-2-4-6-16)23-20-12-7-17(25(26,27)28)13-21(20)29-14-22(23)37-24(32)30-33/h2-14,33H,15H2,1H3,(H,30,32). The zero-order chi connectivity index (χ0) is 27.5. The van der Waals surface area contributed by atoms with Crippen molar-refractivity contribution >= 4 is 32.7 Å². The Morgan fingerprint density at radius 2 is 1.74 bits per heavy atom. The lowest BCUT2D eigenvalue weighted by atomic mass is 10.1. The number of carbonyl (C=O) groups is 1. The number of nitrogens with zero attached hydrogens (tertiary/aromatic N) is 2. The van der Waals surface area contributed by atoms with Crippen LogP contribution in [-0.4, -0.2) is 31.8 Å². The van der Waals surface area contributed by atoms with Crippen LogP contribution in [0.5, 0.6) is 11.5 Å². The van der Waals surface area contributed by atoms with Crippen LogP contribution in [0.25, 0.3) is 10.9 Å². The summed E-state index contributed by atoms with van der Waals surface area (Å²) in [5.74, 6) is -0.0203. The van der Waals surface area contributed by atoms with Crippen molar-refractivity contribution < 1.29 is 41.1 Å². The van der Waals surface area contributed by atoms with Gasteiger partial charge < -0.3 is 9.47 Å². The van der Waals surface area contributed by atoms with Crippen LogP contribution < -0.4 is 19.3 Å². The van der Waals surface area contributed by atoms with Crippen LogP contribution >= 0.6 is 0 Å². The monoisotopic (exact) mass is 547 g/mol. The lowest BCUT2D eigenvalue weighted by Crippen LogP contribution is -2.32. The molecule has 1 amide bonds. The number of nitrogens with one attached hydrogen (secondary N) is 1. The molecule has 0 radical (unpaired) electrons. The number of amides is 1. The fourth-order valence-electron chi connectivity index (χ4n) is 3.70. The molecule has 0 spiro atoms. The number of alkyl halides is 3. The summed E-state index contributed by atoms with van der Waals surface area (Å²) in [5.41, 5.74) is 0.338. The topological polar surface area (TPSA) is 118 Å². The second-order valence-electron chi connectivity index (χ2n) is 7.87. The molecule has 0 unspecified atom stereocenters. The number of anilines is 1. The van der Waals surface area contributed by atoms with Gasteiger partial charge in [-0.15, -0.1) is 0 Å². The summed E-state index contributed by atoms with van der Waals surface area (Å²) in [5, 5.41) is 8.93. The van der Waals surface area contributed by atoms with Gasteiger partial charge in [0.25, 0.3) is 10.0 Å². The smallest absolute Gasteiger partial charge is 0.436 e. The zero-order valence-electron chi connectivity index (χ0n) is 19.6. The molecule has 0 aliphatic carbocycles. The maximum Gasteiger partial charge on any atom is 0.436 e. The summed E-state index contributed by atoms with van der Waals surface area (Å²) in [6.45, 7) is -0.285. The normalized spacial score (nSPS) is 11.7. The number of pyridine rings is 1. The number of halogens is 3. The number of hydroxylamine groups is 1. The van der Waals surface area contributed by atoms with Gasteiger partial charge in [0.15, 0.2) is 5.75 Å². The van der Waals surface area contributed by atoms with Crippen molar-refractivity contribution in [3.63, 3.8) is 0 Å². The lowest BCUT2D eigenvalue weighted by molar-refractivity contribution is -0.137. The molecule has 0 aliphatic heterocycles. The third-order valence-corrected chi connectivity index (χ3v) is 7.25. The Hall–Kier alpha value is -4.36. The summed E-state index contributed by atoms with van der Waals surface area (Å²) in [6, 6.07) is 16.5. The van der Waals surface area contributed by atoms with E-state index in [-0.39, 0.29) is 28.0 Å². The summed E-state index contributed by atoms with van der Waals surface area (Å²) in [7, 11) is -3.00. The second kappa shape index (κ2) is 10.6. The molecule has 4 aromatic rings. The number of hydrogen-bond acceptors (Lipinski definition) is 7. The van der Waals surface area contributed by atoms with Crippen molar-refractivity contribution in [2.24, 2.45) is 0 Å². The molecule has 1 aromatic heterocycles. The number of fused-ring (bicyclic) bond motifs is 1. The molecule has 2 N–H and O–H groups in total. The molecule has 1 heterocycles. The summed E-state index contributed by atoms with van der Waals surface area (Å²) >= 11 is 0. The minimum Gasteiger partial charge on any atom is -0.497 e. The van der Waals surface area contributed by atoms with Crippen LogP contribution in [0.4, 0.5) is 23.7 Å². The number of rotatable bonds is 7. The van der Waals surface area contributed by atoms with Crippen LogP contribution in [0.2, 0.25) is 0 Å². The van der Waals surface area contributed by atoms with E-state index in [1.54, 1.807) is 30.3 Å². The highest BCUT2D eigenvalue weighted by Crippen LogP contribution is 2.41. The Morgan fingerprint density at radius 1 is 1.05 bits per heavy atom. The summed E-state index contributed by atoms with van der Waals surface area (Å²) in [6.07, 6.45) is -5.13. The van der Waals surface area contributed by atoms with Crippen LogP contribution in [-0.2, 0) is 22.7 Å². The fraction of sp³-hybridized carbons (Fsp3) is 0.120. The average molecular weight is 548 g/mol. The average Bonchev–Trinajstić information content (AvgIpc) is 2.91. The van der Waals surface area contributed by atoms with E-state index in [0.29, 0.717) is 11.3 Å². The molecule has 3 aromatic carbocycles. The van der Waals surface area contributed by atoms with E-state index in [4.69, 9.17) is 14.7 Å². The highest BCUT2D eigenvalue weighted by atomic mass is 32.2. The molecule has 0 atom stereocenters. The molecule has 9 nitrogen and oxygen atoms in total. The van der Waals surface area contributed by atoms with Gasteiger partial charge in [-0.2, -0.15) is 13.2 Å². The minimum absolute atomic E-state index is 0.0470. The Bertz CT molecular complexity index is 1560. The largest absolute Gasteiger partial charge is 0.497 e. The Balaban J connectivity index is 2.00. The van der Waals surface area contributed by atoms with Crippen molar-refractivity contribution in [3.8, 4) is 11.5 Å². The van der Waals surface area contributed by atoms with E-state index < -0.39 is 33.6 Å².